The van der Waals surface area contributed by atoms with Gasteiger partial charge in [-0.3, -0.25) is 0 Å². The molecule has 0 aliphatic rings. The van der Waals surface area contributed by atoms with Crippen LogP contribution in [0.4, 0.5) is 17.6 Å². The second-order valence-corrected chi connectivity index (χ2v) is 6.86. The van der Waals surface area contributed by atoms with Crippen LogP contribution in [0.5, 0.6) is 0 Å². The van der Waals surface area contributed by atoms with Gasteiger partial charge >= 0.3 is 10.5 Å². The molecule has 2 aromatic rings. The number of hydrogen-bond donors (Lipinski definition) is 0. The average Bonchev–Trinajstić information content (AvgIpc) is 2.43. The molecule has 118 valence electrons. The highest BCUT2D eigenvalue weighted by atomic mass is 32.2. The van der Waals surface area contributed by atoms with Crippen LogP contribution in [0.1, 0.15) is 11.1 Å². The molecule has 8 heteroatoms. The van der Waals surface area contributed by atoms with Crippen LogP contribution < -0.4 is 0 Å². The summed E-state index contributed by atoms with van der Waals surface area (Å²) < 4.78 is 55.5. The lowest BCUT2D eigenvalue weighted by Gasteiger charge is -2.24. The lowest BCUT2D eigenvalue weighted by atomic mass is 10.2. The van der Waals surface area contributed by atoms with Crippen LogP contribution in [0.2, 0.25) is 0 Å². The molecule has 1 heterocycles. The smallest absolute Gasteiger partial charge is 0.231 e. The highest BCUT2D eigenvalue weighted by Crippen LogP contribution is 2.53. The van der Waals surface area contributed by atoms with Gasteiger partial charge < -0.3 is 0 Å². The first-order chi connectivity index (χ1) is 10.2. The van der Waals surface area contributed by atoms with Gasteiger partial charge in [0.1, 0.15) is 0 Å². The highest BCUT2D eigenvalue weighted by molar-refractivity contribution is 8.04. The zero-order chi connectivity index (χ0) is 16.4. The van der Waals surface area contributed by atoms with Crippen molar-refractivity contribution in [2.75, 3.05) is 0 Å². The summed E-state index contributed by atoms with van der Waals surface area (Å²) in [6.45, 7) is 3.46. The molecule has 0 amide bonds. The summed E-state index contributed by atoms with van der Waals surface area (Å²) in [4.78, 5) is 7.32. The number of aryl methyl sites for hydroxylation is 2. The minimum absolute atomic E-state index is 0.0701. The van der Waals surface area contributed by atoms with Gasteiger partial charge in [0, 0.05) is 17.3 Å². The van der Waals surface area contributed by atoms with Gasteiger partial charge in [-0.1, -0.05) is 17.7 Å². The molecule has 0 atom stereocenters. The number of aromatic nitrogens is 2. The van der Waals surface area contributed by atoms with Gasteiger partial charge in [-0.2, -0.15) is 17.6 Å². The van der Waals surface area contributed by atoms with Gasteiger partial charge in [0.25, 0.3) is 0 Å². The van der Waals surface area contributed by atoms with E-state index in [0.717, 1.165) is 5.56 Å². The first-order valence-corrected chi connectivity index (χ1v) is 7.82. The molecule has 1 aromatic heterocycles. The van der Waals surface area contributed by atoms with Crippen LogP contribution >= 0.6 is 23.5 Å². The van der Waals surface area contributed by atoms with E-state index in [4.69, 9.17) is 0 Å². The molecule has 0 aliphatic carbocycles. The first kappa shape index (κ1) is 17.1. The predicted molar refractivity (Wildman–Crippen MR) is 79.6 cm³/mol. The van der Waals surface area contributed by atoms with Crippen LogP contribution in [-0.4, -0.2) is 20.5 Å². The van der Waals surface area contributed by atoms with Crippen molar-refractivity contribution in [2.24, 2.45) is 0 Å². The topological polar surface area (TPSA) is 25.8 Å². The number of benzene rings is 1. The zero-order valence-electron chi connectivity index (χ0n) is 11.7. The molecule has 22 heavy (non-hydrogen) atoms. The third-order valence-corrected chi connectivity index (χ3v) is 4.64. The van der Waals surface area contributed by atoms with Crippen LogP contribution in [0.3, 0.4) is 0 Å². The van der Waals surface area contributed by atoms with Crippen molar-refractivity contribution in [1.29, 1.82) is 0 Å². The largest absolute Gasteiger partial charge is 0.373 e. The van der Waals surface area contributed by atoms with Crippen LogP contribution in [-0.2, 0) is 0 Å². The van der Waals surface area contributed by atoms with Crippen molar-refractivity contribution in [1.82, 2.24) is 9.97 Å². The minimum atomic E-state index is -4.34. The van der Waals surface area contributed by atoms with Crippen LogP contribution in [0, 0.1) is 13.8 Å². The lowest BCUT2D eigenvalue weighted by molar-refractivity contribution is -0.0836. The van der Waals surface area contributed by atoms with E-state index in [0.29, 0.717) is 5.56 Å². The maximum absolute atomic E-state index is 13.9. The molecule has 0 N–H and O–H groups in total. The maximum Gasteiger partial charge on any atom is 0.373 e. The molecule has 0 fully saturated rings. The third kappa shape index (κ3) is 4.13. The van der Waals surface area contributed by atoms with E-state index in [2.05, 4.69) is 9.97 Å². The third-order valence-electron chi connectivity index (χ3n) is 2.58. The highest BCUT2D eigenvalue weighted by Gasteiger charge is 2.58. The summed E-state index contributed by atoms with van der Waals surface area (Å²) >= 11 is -0.518. The van der Waals surface area contributed by atoms with Gasteiger partial charge in [0.2, 0.25) is 0 Å². The molecule has 0 bridgehead atoms. The van der Waals surface area contributed by atoms with Crippen molar-refractivity contribution in [2.45, 2.75) is 34.4 Å². The Bertz CT molecular complexity index is 573. The van der Waals surface area contributed by atoms with Crippen molar-refractivity contribution in [3.8, 4) is 0 Å². The number of alkyl halides is 4. The molecule has 0 saturated heterocycles. The van der Waals surface area contributed by atoms with Crippen LogP contribution in [0.15, 0.2) is 46.7 Å². The Morgan fingerprint density at radius 2 is 1.27 bits per heavy atom. The maximum atomic E-state index is 13.9. The summed E-state index contributed by atoms with van der Waals surface area (Å²) in [6.07, 6.45) is 2.60. The van der Waals surface area contributed by atoms with Gasteiger partial charge in [-0.25, -0.2) is 9.97 Å². The molecular formula is C14H12F4N2S2. The summed E-state index contributed by atoms with van der Waals surface area (Å²) in [5.74, 6) is 0. The van der Waals surface area contributed by atoms with E-state index in [9.17, 15) is 17.6 Å². The molecule has 2 nitrogen and oxygen atoms in total. The number of thioether (sulfide) groups is 2. The Hall–Kier alpha value is -1.28. The fraction of sp³-hybridized carbons (Fsp3) is 0.286. The molecule has 0 saturated carbocycles. The van der Waals surface area contributed by atoms with E-state index in [1.54, 1.807) is 26.0 Å². The van der Waals surface area contributed by atoms with Crippen LogP contribution in [0.25, 0.3) is 0 Å². The van der Waals surface area contributed by atoms with Gasteiger partial charge in [-0.05, 0) is 55.1 Å². The van der Waals surface area contributed by atoms with E-state index in [1.165, 1.54) is 24.5 Å². The zero-order valence-corrected chi connectivity index (χ0v) is 13.3. The second-order valence-electron chi connectivity index (χ2n) is 4.59. The molecule has 0 radical (unpaired) electrons. The first-order valence-electron chi connectivity index (χ1n) is 6.18. The predicted octanol–water partition coefficient (Wildman–Crippen LogP) is 5.16. The molecule has 0 spiro atoms. The Labute approximate surface area is 133 Å². The monoisotopic (exact) mass is 348 g/mol. The summed E-state index contributed by atoms with van der Waals surface area (Å²) in [6, 6.07) is 5.95. The number of hydrogen-bond acceptors (Lipinski definition) is 4. The van der Waals surface area contributed by atoms with Crippen molar-refractivity contribution in [3.63, 3.8) is 0 Å². The second kappa shape index (κ2) is 6.45. The Morgan fingerprint density at radius 1 is 0.773 bits per heavy atom. The lowest BCUT2D eigenvalue weighted by Crippen LogP contribution is -2.34. The van der Waals surface area contributed by atoms with Crippen molar-refractivity contribution >= 4 is 23.5 Å². The van der Waals surface area contributed by atoms with E-state index in [1.807, 2.05) is 0 Å². The normalized spacial score (nSPS) is 12.5. The summed E-state index contributed by atoms with van der Waals surface area (Å²) in [5.41, 5.74) is 1.52. The van der Waals surface area contributed by atoms with Crippen molar-refractivity contribution in [3.05, 3.63) is 47.8 Å². The number of nitrogens with zero attached hydrogens (tertiary/aromatic N) is 2. The molecule has 0 unspecified atom stereocenters. The Kier molecular flexibility index (Phi) is 5.01. The summed E-state index contributed by atoms with van der Waals surface area (Å²) in [5, 5.41) is -9.02. The fourth-order valence-corrected chi connectivity index (χ4v) is 2.92. The number of halogens is 4. The fourth-order valence-electron chi connectivity index (χ4n) is 1.42. The average molecular weight is 348 g/mol. The summed E-state index contributed by atoms with van der Waals surface area (Å²) in [7, 11) is 0. The molecular weight excluding hydrogens is 336 g/mol. The minimum Gasteiger partial charge on any atom is -0.231 e. The Morgan fingerprint density at radius 3 is 1.82 bits per heavy atom. The SMILES string of the molecule is Cc1ccc(SC(F)(F)C(F)(F)Sc2ncc(C)cn2)cc1. The van der Waals surface area contributed by atoms with Gasteiger partial charge in [0.15, 0.2) is 5.16 Å². The molecule has 0 aliphatic heterocycles. The number of rotatable bonds is 5. The Balaban J connectivity index is 2.14. The van der Waals surface area contributed by atoms with E-state index < -0.39 is 10.5 Å². The molecule has 2 rings (SSSR count). The van der Waals surface area contributed by atoms with E-state index in [-0.39, 0.29) is 33.6 Å². The standard InChI is InChI=1S/C14H12F4N2S2/c1-9-3-5-11(6-4-9)21-13(15,16)14(17,18)22-12-19-7-10(2)8-20-12/h3-8H,1-2H3. The van der Waals surface area contributed by atoms with Gasteiger partial charge in [0.05, 0.1) is 0 Å². The quantitative estimate of drug-likeness (QED) is 0.423. The molecule has 1 aromatic carbocycles. The van der Waals surface area contributed by atoms with Crippen molar-refractivity contribution < 1.29 is 17.6 Å². The van der Waals surface area contributed by atoms with Gasteiger partial charge in [-0.15, -0.1) is 0 Å². The van der Waals surface area contributed by atoms with E-state index >= 15 is 0 Å².